The maximum Gasteiger partial charge on any atom is 0.338 e. The highest BCUT2D eigenvalue weighted by atomic mass is 35.5. The van der Waals surface area contributed by atoms with E-state index in [1.165, 1.54) is 5.56 Å². The van der Waals surface area contributed by atoms with E-state index in [0.29, 0.717) is 12.2 Å². The number of rotatable bonds is 5. The molecule has 0 spiro atoms. The van der Waals surface area contributed by atoms with Crippen molar-refractivity contribution in [2.45, 2.75) is 12.8 Å². The smallest absolute Gasteiger partial charge is 0.338 e. The molecule has 2 aromatic rings. The minimum absolute atomic E-state index is 0.267. The van der Waals surface area contributed by atoms with Crippen molar-refractivity contribution in [1.29, 1.82) is 0 Å². The van der Waals surface area contributed by atoms with E-state index in [0.717, 1.165) is 17.9 Å². The molecule has 2 rings (SSSR count). The zero-order chi connectivity index (χ0) is 13.5. The lowest BCUT2D eigenvalue weighted by atomic mass is 10.1. The number of aryl methyl sites for hydroxylation is 1. The maximum atomic E-state index is 11.7. The summed E-state index contributed by atoms with van der Waals surface area (Å²) >= 11 is 5.81. The first kappa shape index (κ1) is 13.6. The summed E-state index contributed by atoms with van der Waals surface area (Å²) < 4.78 is 5.21. The molecule has 0 N–H and O–H groups in total. The highest BCUT2D eigenvalue weighted by Gasteiger charge is 2.05. The molecule has 98 valence electrons. The van der Waals surface area contributed by atoms with Gasteiger partial charge in [0.2, 0.25) is 0 Å². The number of carbonyl (C=O) groups is 1. The zero-order valence-corrected chi connectivity index (χ0v) is 11.3. The Kier molecular flexibility index (Phi) is 4.99. The Labute approximate surface area is 118 Å². The van der Waals surface area contributed by atoms with E-state index in [4.69, 9.17) is 16.3 Å². The first-order chi connectivity index (χ1) is 9.25. The van der Waals surface area contributed by atoms with Crippen molar-refractivity contribution >= 4 is 17.6 Å². The fourth-order valence-electron chi connectivity index (χ4n) is 1.75. The molecule has 0 amide bonds. The molecular weight excluding hydrogens is 260 g/mol. The molecule has 2 aromatic carbocycles. The summed E-state index contributed by atoms with van der Waals surface area (Å²) in [6, 6.07) is 16.7. The van der Waals surface area contributed by atoms with Gasteiger partial charge in [-0.05, 0) is 42.7 Å². The van der Waals surface area contributed by atoms with Gasteiger partial charge in [-0.15, -0.1) is 0 Å². The van der Waals surface area contributed by atoms with Crippen LogP contribution in [0.4, 0.5) is 0 Å². The van der Waals surface area contributed by atoms with Crippen molar-refractivity contribution in [2.75, 3.05) is 6.61 Å². The molecular formula is C16H15ClO2. The molecule has 0 saturated carbocycles. The van der Waals surface area contributed by atoms with Crippen LogP contribution < -0.4 is 0 Å². The van der Waals surface area contributed by atoms with E-state index in [9.17, 15) is 4.79 Å². The van der Waals surface area contributed by atoms with Gasteiger partial charge in [0, 0.05) is 5.02 Å². The lowest BCUT2D eigenvalue weighted by Gasteiger charge is -2.05. The van der Waals surface area contributed by atoms with Crippen LogP contribution in [0.15, 0.2) is 54.6 Å². The van der Waals surface area contributed by atoms with Crippen molar-refractivity contribution < 1.29 is 9.53 Å². The predicted octanol–water partition coefficient (Wildman–Crippen LogP) is 4.13. The minimum atomic E-state index is -0.267. The second-order valence-corrected chi connectivity index (χ2v) is 4.67. The first-order valence-electron chi connectivity index (χ1n) is 6.22. The SMILES string of the molecule is O=C(OCCCc1ccc(Cl)cc1)c1ccccc1. The van der Waals surface area contributed by atoms with Gasteiger partial charge in [-0.3, -0.25) is 0 Å². The highest BCUT2D eigenvalue weighted by molar-refractivity contribution is 6.30. The second kappa shape index (κ2) is 6.95. The van der Waals surface area contributed by atoms with Gasteiger partial charge in [-0.1, -0.05) is 41.9 Å². The molecule has 0 radical (unpaired) electrons. The average molecular weight is 275 g/mol. The predicted molar refractivity (Wildman–Crippen MR) is 76.5 cm³/mol. The minimum Gasteiger partial charge on any atom is -0.462 e. The third-order valence-corrected chi connectivity index (χ3v) is 3.02. The van der Waals surface area contributed by atoms with Gasteiger partial charge in [-0.2, -0.15) is 0 Å². The molecule has 19 heavy (non-hydrogen) atoms. The lowest BCUT2D eigenvalue weighted by molar-refractivity contribution is 0.0500. The van der Waals surface area contributed by atoms with Crippen LogP contribution in [-0.4, -0.2) is 12.6 Å². The second-order valence-electron chi connectivity index (χ2n) is 4.23. The van der Waals surface area contributed by atoms with Crippen LogP contribution in [0.2, 0.25) is 5.02 Å². The Hall–Kier alpha value is -1.80. The maximum absolute atomic E-state index is 11.7. The molecule has 0 heterocycles. The molecule has 0 aliphatic carbocycles. The van der Waals surface area contributed by atoms with Crippen molar-refractivity contribution in [3.63, 3.8) is 0 Å². The largest absolute Gasteiger partial charge is 0.462 e. The Balaban J connectivity index is 1.72. The lowest BCUT2D eigenvalue weighted by Crippen LogP contribution is -2.06. The number of benzene rings is 2. The third kappa shape index (κ3) is 4.42. The zero-order valence-electron chi connectivity index (χ0n) is 10.5. The van der Waals surface area contributed by atoms with E-state index < -0.39 is 0 Å². The Morgan fingerprint density at radius 2 is 1.68 bits per heavy atom. The highest BCUT2D eigenvalue weighted by Crippen LogP contribution is 2.11. The fourth-order valence-corrected chi connectivity index (χ4v) is 1.88. The molecule has 0 saturated heterocycles. The quantitative estimate of drug-likeness (QED) is 0.605. The molecule has 3 heteroatoms. The standard InChI is InChI=1S/C16H15ClO2/c17-15-10-8-13(9-11-15)5-4-12-19-16(18)14-6-2-1-3-7-14/h1-3,6-11H,4-5,12H2. The van der Waals surface area contributed by atoms with Crippen LogP contribution in [0.5, 0.6) is 0 Å². The van der Waals surface area contributed by atoms with Crippen LogP contribution in [0, 0.1) is 0 Å². The summed E-state index contributed by atoms with van der Waals surface area (Å²) in [5, 5.41) is 0.735. The topological polar surface area (TPSA) is 26.3 Å². The summed E-state index contributed by atoms with van der Waals surface area (Å²) in [4.78, 5) is 11.7. The Bertz CT molecular complexity index is 520. The van der Waals surface area contributed by atoms with Crippen LogP contribution in [0.3, 0.4) is 0 Å². The normalized spacial score (nSPS) is 10.2. The Morgan fingerprint density at radius 3 is 2.37 bits per heavy atom. The Morgan fingerprint density at radius 1 is 1.00 bits per heavy atom. The van der Waals surface area contributed by atoms with Crippen LogP contribution in [-0.2, 0) is 11.2 Å². The van der Waals surface area contributed by atoms with Crippen molar-refractivity contribution in [3.05, 3.63) is 70.7 Å². The number of ether oxygens (including phenoxy) is 1. The van der Waals surface area contributed by atoms with E-state index >= 15 is 0 Å². The van der Waals surface area contributed by atoms with Crippen molar-refractivity contribution in [1.82, 2.24) is 0 Å². The van der Waals surface area contributed by atoms with E-state index in [-0.39, 0.29) is 5.97 Å². The van der Waals surface area contributed by atoms with E-state index in [2.05, 4.69) is 0 Å². The van der Waals surface area contributed by atoms with Crippen LogP contribution >= 0.6 is 11.6 Å². The van der Waals surface area contributed by atoms with Gasteiger partial charge in [0.1, 0.15) is 0 Å². The van der Waals surface area contributed by atoms with Crippen LogP contribution in [0.25, 0.3) is 0 Å². The molecule has 0 atom stereocenters. The van der Waals surface area contributed by atoms with Crippen molar-refractivity contribution in [3.8, 4) is 0 Å². The monoisotopic (exact) mass is 274 g/mol. The van der Waals surface area contributed by atoms with Gasteiger partial charge in [-0.25, -0.2) is 4.79 Å². The molecule has 0 fully saturated rings. The summed E-state index contributed by atoms with van der Waals surface area (Å²) in [7, 11) is 0. The molecule has 0 bridgehead atoms. The first-order valence-corrected chi connectivity index (χ1v) is 6.60. The van der Waals surface area contributed by atoms with Gasteiger partial charge < -0.3 is 4.74 Å². The summed E-state index contributed by atoms with van der Waals surface area (Å²) in [6.45, 7) is 0.427. The molecule has 0 unspecified atom stereocenters. The molecule has 0 aliphatic rings. The summed E-state index contributed by atoms with van der Waals surface area (Å²) in [6.07, 6.45) is 1.68. The van der Waals surface area contributed by atoms with Gasteiger partial charge >= 0.3 is 5.97 Å². The molecule has 2 nitrogen and oxygen atoms in total. The number of carbonyl (C=O) groups excluding carboxylic acids is 1. The van der Waals surface area contributed by atoms with Crippen LogP contribution in [0.1, 0.15) is 22.3 Å². The number of halogens is 1. The van der Waals surface area contributed by atoms with E-state index in [1.807, 2.05) is 42.5 Å². The number of esters is 1. The summed E-state index contributed by atoms with van der Waals surface area (Å²) in [5.41, 5.74) is 1.79. The van der Waals surface area contributed by atoms with Gasteiger partial charge in [0.25, 0.3) is 0 Å². The van der Waals surface area contributed by atoms with E-state index in [1.54, 1.807) is 12.1 Å². The van der Waals surface area contributed by atoms with Gasteiger partial charge in [0.05, 0.1) is 12.2 Å². The molecule has 0 aromatic heterocycles. The fraction of sp³-hybridized carbons (Fsp3) is 0.188. The third-order valence-electron chi connectivity index (χ3n) is 2.77. The molecule has 0 aliphatic heterocycles. The van der Waals surface area contributed by atoms with Crippen molar-refractivity contribution in [2.24, 2.45) is 0 Å². The van der Waals surface area contributed by atoms with Gasteiger partial charge in [0.15, 0.2) is 0 Å². The average Bonchev–Trinajstić information content (AvgIpc) is 2.46. The summed E-state index contributed by atoms with van der Waals surface area (Å²) in [5.74, 6) is -0.267. The number of hydrogen-bond donors (Lipinski definition) is 0. The number of hydrogen-bond acceptors (Lipinski definition) is 2.